The van der Waals surface area contributed by atoms with Crippen LogP contribution < -0.4 is 0 Å². The second-order valence-corrected chi connectivity index (χ2v) is 6.94. The lowest BCUT2D eigenvalue weighted by molar-refractivity contribution is -0.192. The Kier molecular flexibility index (Phi) is 8.20. The number of halogens is 3. The number of aliphatic carboxylic acids is 1. The van der Waals surface area contributed by atoms with Gasteiger partial charge in [-0.25, -0.2) is 9.48 Å². The van der Waals surface area contributed by atoms with E-state index in [2.05, 4.69) is 22.1 Å². The topological polar surface area (TPSA) is 89.7 Å². The molecule has 1 saturated heterocycles. The molecule has 3 rings (SSSR count). The van der Waals surface area contributed by atoms with E-state index in [4.69, 9.17) is 19.4 Å². The van der Waals surface area contributed by atoms with Crippen molar-refractivity contribution in [1.29, 1.82) is 0 Å². The highest BCUT2D eigenvalue weighted by molar-refractivity contribution is 5.73. The number of aryl methyl sites for hydroxylation is 1. The normalized spacial score (nSPS) is 21.0. The van der Waals surface area contributed by atoms with Gasteiger partial charge in [0.2, 0.25) is 0 Å². The van der Waals surface area contributed by atoms with Crippen LogP contribution in [0.1, 0.15) is 37.1 Å². The molecule has 0 spiro atoms. The average Bonchev–Trinajstić information content (AvgIpc) is 3.06. The van der Waals surface area contributed by atoms with E-state index in [1.807, 2.05) is 4.68 Å². The third kappa shape index (κ3) is 6.14. The first-order valence-electron chi connectivity index (χ1n) is 9.27. The molecule has 8 nitrogen and oxygen atoms in total. The maximum absolute atomic E-state index is 10.6. The van der Waals surface area contributed by atoms with Crippen LogP contribution in [0.25, 0.3) is 0 Å². The second-order valence-electron chi connectivity index (χ2n) is 6.94. The molecule has 2 aliphatic heterocycles. The van der Waals surface area contributed by atoms with Gasteiger partial charge >= 0.3 is 12.1 Å². The van der Waals surface area contributed by atoms with Gasteiger partial charge in [-0.2, -0.15) is 13.2 Å². The van der Waals surface area contributed by atoms with Crippen molar-refractivity contribution in [2.75, 3.05) is 40.0 Å². The summed E-state index contributed by atoms with van der Waals surface area (Å²) in [4.78, 5) is 11.4. The molecule has 3 heterocycles. The maximum atomic E-state index is 10.6. The fourth-order valence-electron chi connectivity index (χ4n) is 3.59. The first-order chi connectivity index (χ1) is 13.3. The Labute approximate surface area is 161 Å². The van der Waals surface area contributed by atoms with Crippen LogP contribution in [0.4, 0.5) is 13.2 Å². The van der Waals surface area contributed by atoms with Crippen molar-refractivity contribution in [2.24, 2.45) is 5.92 Å². The maximum Gasteiger partial charge on any atom is 0.490 e. The second kappa shape index (κ2) is 10.2. The molecule has 0 radical (unpaired) electrons. The minimum Gasteiger partial charge on any atom is -0.475 e. The molecule has 0 saturated carbocycles. The van der Waals surface area contributed by atoms with E-state index in [9.17, 15) is 13.2 Å². The summed E-state index contributed by atoms with van der Waals surface area (Å²) in [7, 11) is 1.77. The van der Waals surface area contributed by atoms with E-state index in [1.54, 1.807) is 7.11 Å². The summed E-state index contributed by atoms with van der Waals surface area (Å²) in [6.07, 6.45) is -2.72. The molecule has 28 heavy (non-hydrogen) atoms. The lowest BCUT2D eigenvalue weighted by atomic mass is 9.95. The summed E-state index contributed by atoms with van der Waals surface area (Å²) >= 11 is 0. The van der Waals surface area contributed by atoms with Gasteiger partial charge in [-0.3, -0.25) is 4.90 Å². The first kappa shape index (κ1) is 22.6. The van der Waals surface area contributed by atoms with Crippen molar-refractivity contribution in [3.63, 3.8) is 0 Å². The third-order valence-corrected chi connectivity index (χ3v) is 4.85. The minimum atomic E-state index is -5.08. The van der Waals surface area contributed by atoms with Crippen LogP contribution >= 0.6 is 0 Å². The van der Waals surface area contributed by atoms with Crippen LogP contribution in [-0.2, 0) is 27.4 Å². The van der Waals surface area contributed by atoms with Gasteiger partial charge in [-0.1, -0.05) is 5.21 Å². The lowest BCUT2D eigenvalue weighted by Gasteiger charge is -2.35. The largest absolute Gasteiger partial charge is 0.490 e. The Morgan fingerprint density at radius 3 is 2.54 bits per heavy atom. The number of aromatic nitrogens is 3. The Morgan fingerprint density at radius 1 is 1.36 bits per heavy atom. The van der Waals surface area contributed by atoms with Gasteiger partial charge in [0, 0.05) is 52.4 Å². The number of rotatable bonds is 5. The summed E-state index contributed by atoms with van der Waals surface area (Å²) in [6.45, 7) is 8.68. The van der Waals surface area contributed by atoms with E-state index < -0.39 is 12.1 Å². The van der Waals surface area contributed by atoms with Crippen molar-refractivity contribution < 1.29 is 32.5 Å². The predicted octanol–water partition coefficient (Wildman–Crippen LogP) is 1.90. The molecular weight excluding hydrogens is 381 g/mol. The Bertz CT molecular complexity index is 632. The quantitative estimate of drug-likeness (QED) is 0.796. The molecule has 1 aromatic heterocycles. The van der Waals surface area contributed by atoms with Gasteiger partial charge in [0.1, 0.15) is 5.69 Å². The van der Waals surface area contributed by atoms with Crippen LogP contribution in [-0.4, -0.2) is 77.2 Å². The van der Waals surface area contributed by atoms with Gasteiger partial charge in [-0.15, -0.1) is 5.10 Å². The third-order valence-electron chi connectivity index (χ3n) is 4.85. The van der Waals surface area contributed by atoms with E-state index in [-0.39, 0.29) is 0 Å². The van der Waals surface area contributed by atoms with E-state index in [0.29, 0.717) is 5.92 Å². The number of carboxylic acids is 1. The minimum absolute atomic E-state index is 0.383. The summed E-state index contributed by atoms with van der Waals surface area (Å²) in [5.41, 5.74) is 2.42. The molecule has 0 bridgehead atoms. The fraction of sp³-hybridized carbons (Fsp3) is 0.824. The monoisotopic (exact) mass is 408 g/mol. The van der Waals surface area contributed by atoms with Crippen molar-refractivity contribution in [3.05, 3.63) is 11.4 Å². The van der Waals surface area contributed by atoms with Gasteiger partial charge < -0.3 is 14.6 Å². The van der Waals surface area contributed by atoms with Crippen LogP contribution in [0, 0.1) is 5.92 Å². The molecule has 1 N–H and O–H groups in total. The summed E-state index contributed by atoms with van der Waals surface area (Å²) in [5.74, 6) is -1.62. The van der Waals surface area contributed by atoms with Gasteiger partial charge in [0.15, 0.2) is 0 Å². The van der Waals surface area contributed by atoms with Crippen molar-refractivity contribution in [1.82, 2.24) is 19.9 Å². The molecule has 11 heteroatoms. The number of ether oxygens (including phenoxy) is 2. The van der Waals surface area contributed by atoms with Crippen LogP contribution in [0.15, 0.2) is 0 Å². The van der Waals surface area contributed by atoms with Crippen molar-refractivity contribution in [3.8, 4) is 0 Å². The average molecular weight is 408 g/mol. The number of carbonyl (C=O) groups is 1. The number of nitrogens with zero attached hydrogens (tertiary/aromatic N) is 4. The molecule has 1 aromatic rings. The van der Waals surface area contributed by atoms with Gasteiger partial charge in [-0.05, 0) is 25.7 Å². The molecule has 0 aliphatic carbocycles. The number of hydrogen-bond donors (Lipinski definition) is 1. The Hall–Kier alpha value is -1.72. The fourth-order valence-corrected chi connectivity index (χ4v) is 3.59. The van der Waals surface area contributed by atoms with Crippen molar-refractivity contribution in [2.45, 2.75) is 44.9 Å². The van der Waals surface area contributed by atoms with Crippen LogP contribution in [0.5, 0.6) is 0 Å². The molecule has 1 fully saturated rings. The predicted molar refractivity (Wildman–Crippen MR) is 92.8 cm³/mol. The number of hydrogen-bond acceptors (Lipinski definition) is 6. The van der Waals surface area contributed by atoms with E-state index in [1.165, 1.54) is 18.5 Å². The SMILES string of the molecule is CCn1nnc2c1C(COC)CN(CC1CCOCC1)C2.O=C(O)C(F)(F)F. The molecule has 0 aromatic carbocycles. The lowest BCUT2D eigenvalue weighted by Crippen LogP contribution is -2.40. The highest BCUT2D eigenvalue weighted by atomic mass is 19.4. The Balaban J connectivity index is 0.000000345. The zero-order valence-electron chi connectivity index (χ0n) is 16.1. The van der Waals surface area contributed by atoms with Gasteiger partial charge in [0.25, 0.3) is 0 Å². The number of carboxylic acid groups (broad SMARTS) is 1. The highest BCUT2D eigenvalue weighted by Gasteiger charge is 2.38. The molecule has 2 aliphatic rings. The van der Waals surface area contributed by atoms with E-state index in [0.717, 1.165) is 57.6 Å². The van der Waals surface area contributed by atoms with Crippen LogP contribution in [0.3, 0.4) is 0 Å². The number of alkyl halides is 3. The van der Waals surface area contributed by atoms with Gasteiger partial charge in [0.05, 0.1) is 12.3 Å². The number of methoxy groups -OCH3 is 1. The standard InChI is InChI=1S/C15H26N4O2.C2HF3O2/c1-3-19-15-13(11-20-2)9-18(10-14(15)16-17-19)8-12-4-6-21-7-5-12;3-2(4,5)1(6)7/h12-13H,3-11H2,1-2H3;(H,6,7). The zero-order valence-corrected chi connectivity index (χ0v) is 16.1. The molecule has 1 atom stereocenters. The van der Waals surface area contributed by atoms with Crippen LogP contribution in [0.2, 0.25) is 0 Å². The summed E-state index contributed by atoms with van der Waals surface area (Å²) in [6, 6.07) is 0. The summed E-state index contributed by atoms with van der Waals surface area (Å²) in [5, 5.41) is 15.8. The Morgan fingerprint density at radius 2 is 2.00 bits per heavy atom. The molecule has 0 amide bonds. The summed E-state index contributed by atoms with van der Waals surface area (Å²) < 4.78 is 44.7. The first-order valence-corrected chi connectivity index (χ1v) is 9.27. The molecule has 1 unspecified atom stereocenters. The zero-order chi connectivity index (χ0) is 20.7. The smallest absolute Gasteiger partial charge is 0.475 e. The highest BCUT2D eigenvalue weighted by Crippen LogP contribution is 2.29. The molecular formula is C17H27F3N4O4. The number of fused-ring (bicyclic) bond motifs is 1. The van der Waals surface area contributed by atoms with Crippen molar-refractivity contribution >= 4 is 5.97 Å². The molecule has 160 valence electrons. The van der Waals surface area contributed by atoms with E-state index >= 15 is 0 Å².